The van der Waals surface area contributed by atoms with E-state index in [9.17, 15) is 14.4 Å². The number of likely N-dealkylation sites (tertiary alicyclic amines) is 1. The maximum atomic E-state index is 13.0. The molecule has 2 N–H and O–H groups in total. The minimum absolute atomic E-state index is 0.0216. The van der Waals surface area contributed by atoms with Crippen LogP contribution in [0.2, 0.25) is 0 Å². The molecule has 1 fully saturated rings. The van der Waals surface area contributed by atoms with E-state index in [-0.39, 0.29) is 23.6 Å². The van der Waals surface area contributed by atoms with Crippen LogP contribution in [0.4, 0.5) is 0 Å². The molecule has 6 nitrogen and oxygen atoms in total. The second kappa shape index (κ2) is 11.6. The minimum Gasteiger partial charge on any atom is -0.354 e. The molecule has 1 atom stereocenters. The summed E-state index contributed by atoms with van der Waals surface area (Å²) < 4.78 is 0. The van der Waals surface area contributed by atoms with Crippen molar-refractivity contribution in [3.63, 3.8) is 0 Å². The second-order valence-electron chi connectivity index (χ2n) is 9.34. The number of rotatable bonds is 8. The van der Waals surface area contributed by atoms with Crippen LogP contribution in [0.3, 0.4) is 0 Å². The van der Waals surface area contributed by atoms with Crippen molar-refractivity contribution in [1.29, 1.82) is 0 Å². The van der Waals surface area contributed by atoms with Crippen molar-refractivity contribution in [2.45, 2.75) is 46.1 Å². The van der Waals surface area contributed by atoms with E-state index in [4.69, 9.17) is 0 Å². The first kappa shape index (κ1) is 24.5. The summed E-state index contributed by atoms with van der Waals surface area (Å²) in [5.41, 5.74) is 2.54. The number of benzene rings is 2. The highest BCUT2D eigenvalue weighted by Crippen LogP contribution is 2.22. The molecule has 1 aliphatic heterocycles. The molecule has 1 unspecified atom stereocenters. The molecule has 33 heavy (non-hydrogen) atoms. The molecular formula is C27H35N3O3. The lowest BCUT2D eigenvalue weighted by Gasteiger charge is -2.36. The van der Waals surface area contributed by atoms with Crippen molar-refractivity contribution in [1.82, 2.24) is 15.5 Å². The van der Waals surface area contributed by atoms with E-state index in [1.165, 1.54) is 0 Å². The normalized spacial score (nSPS) is 15.2. The van der Waals surface area contributed by atoms with Crippen molar-refractivity contribution in [2.24, 2.45) is 11.8 Å². The van der Waals surface area contributed by atoms with Crippen LogP contribution in [0.25, 0.3) is 0 Å². The third-order valence-electron chi connectivity index (χ3n) is 6.10. The number of hydrogen-bond donors (Lipinski definition) is 2. The molecule has 176 valence electrons. The first-order valence-electron chi connectivity index (χ1n) is 11.8. The monoisotopic (exact) mass is 449 g/mol. The molecule has 1 heterocycles. The van der Waals surface area contributed by atoms with Crippen LogP contribution in [-0.2, 0) is 16.0 Å². The van der Waals surface area contributed by atoms with Gasteiger partial charge in [0.25, 0.3) is 5.91 Å². The van der Waals surface area contributed by atoms with Gasteiger partial charge in [-0.15, -0.1) is 0 Å². The molecule has 0 spiro atoms. The molecule has 0 bridgehead atoms. The highest BCUT2D eigenvalue weighted by Gasteiger charge is 2.34. The van der Waals surface area contributed by atoms with Crippen LogP contribution < -0.4 is 10.6 Å². The Balaban J connectivity index is 1.64. The summed E-state index contributed by atoms with van der Waals surface area (Å²) in [5.74, 6) is 0.000211. The summed E-state index contributed by atoms with van der Waals surface area (Å²) in [5, 5.41) is 5.96. The van der Waals surface area contributed by atoms with Crippen LogP contribution in [-0.4, -0.2) is 48.3 Å². The number of piperidine rings is 1. The molecule has 1 aliphatic rings. The van der Waals surface area contributed by atoms with Gasteiger partial charge in [0.05, 0.1) is 6.42 Å². The third kappa shape index (κ3) is 7.17. The molecule has 0 radical (unpaired) electrons. The molecule has 3 amide bonds. The van der Waals surface area contributed by atoms with Crippen LogP contribution in [0, 0.1) is 18.8 Å². The standard InChI is InChI=1S/C27H35N3O3/c1-19(2)18-28-27(33)25(29-26(32)23-11-7-8-20(3)16-23)22-12-14-30(15-13-22)24(31)17-21-9-5-4-6-10-21/h4-11,16,19,22,25H,12-15,17-18H2,1-3H3,(H,28,33)(H,29,32). The molecule has 0 saturated carbocycles. The zero-order valence-corrected chi connectivity index (χ0v) is 19.8. The summed E-state index contributed by atoms with van der Waals surface area (Å²) in [6.45, 7) is 7.75. The molecule has 3 rings (SSSR count). The van der Waals surface area contributed by atoms with Gasteiger partial charge < -0.3 is 15.5 Å². The van der Waals surface area contributed by atoms with Gasteiger partial charge in [0.2, 0.25) is 11.8 Å². The Morgan fingerprint density at radius 2 is 1.70 bits per heavy atom. The number of carbonyl (C=O) groups is 3. The van der Waals surface area contributed by atoms with Gasteiger partial charge in [-0.05, 0) is 49.3 Å². The van der Waals surface area contributed by atoms with E-state index < -0.39 is 6.04 Å². The Morgan fingerprint density at radius 1 is 1.00 bits per heavy atom. The summed E-state index contributed by atoms with van der Waals surface area (Å²) in [4.78, 5) is 40.5. The summed E-state index contributed by atoms with van der Waals surface area (Å²) >= 11 is 0. The van der Waals surface area contributed by atoms with Gasteiger partial charge in [0.1, 0.15) is 6.04 Å². The fraction of sp³-hybridized carbons (Fsp3) is 0.444. The molecule has 0 aliphatic carbocycles. The van der Waals surface area contributed by atoms with Crippen molar-refractivity contribution in [3.8, 4) is 0 Å². The Labute approximate surface area is 196 Å². The Kier molecular flexibility index (Phi) is 8.64. The van der Waals surface area contributed by atoms with Crippen LogP contribution >= 0.6 is 0 Å². The highest BCUT2D eigenvalue weighted by molar-refractivity contribution is 5.97. The Bertz CT molecular complexity index is 950. The van der Waals surface area contributed by atoms with E-state index in [1.54, 1.807) is 6.07 Å². The van der Waals surface area contributed by atoms with Crippen molar-refractivity contribution < 1.29 is 14.4 Å². The van der Waals surface area contributed by atoms with Gasteiger partial charge in [-0.3, -0.25) is 14.4 Å². The maximum absolute atomic E-state index is 13.0. The van der Waals surface area contributed by atoms with Crippen LogP contribution in [0.5, 0.6) is 0 Å². The SMILES string of the molecule is Cc1cccc(C(=O)NC(C(=O)NCC(C)C)C2CCN(C(=O)Cc3ccccc3)CC2)c1. The smallest absolute Gasteiger partial charge is 0.251 e. The van der Waals surface area contributed by atoms with Gasteiger partial charge >= 0.3 is 0 Å². The lowest BCUT2D eigenvalue weighted by Crippen LogP contribution is -2.54. The first-order valence-corrected chi connectivity index (χ1v) is 11.8. The Morgan fingerprint density at radius 3 is 2.33 bits per heavy atom. The Hall–Kier alpha value is -3.15. The predicted octanol–water partition coefficient (Wildman–Crippen LogP) is 3.35. The number of carbonyl (C=O) groups excluding carboxylic acids is 3. The maximum Gasteiger partial charge on any atom is 0.251 e. The largest absolute Gasteiger partial charge is 0.354 e. The van der Waals surface area contributed by atoms with Gasteiger partial charge in [0, 0.05) is 25.2 Å². The number of aryl methyl sites for hydroxylation is 1. The number of hydrogen-bond acceptors (Lipinski definition) is 3. The topological polar surface area (TPSA) is 78.5 Å². The number of amides is 3. The molecule has 6 heteroatoms. The fourth-order valence-electron chi connectivity index (χ4n) is 4.19. The van der Waals surface area contributed by atoms with E-state index in [2.05, 4.69) is 10.6 Å². The molecular weight excluding hydrogens is 414 g/mol. The minimum atomic E-state index is -0.622. The molecule has 2 aromatic carbocycles. The average Bonchev–Trinajstić information content (AvgIpc) is 2.81. The molecule has 2 aromatic rings. The molecule has 0 aromatic heterocycles. The summed E-state index contributed by atoms with van der Waals surface area (Å²) in [6.07, 6.45) is 1.73. The second-order valence-corrected chi connectivity index (χ2v) is 9.34. The van der Waals surface area contributed by atoms with E-state index in [0.717, 1.165) is 11.1 Å². The van der Waals surface area contributed by atoms with Crippen LogP contribution in [0.15, 0.2) is 54.6 Å². The van der Waals surface area contributed by atoms with Crippen molar-refractivity contribution in [3.05, 3.63) is 71.3 Å². The molecule has 1 saturated heterocycles. The van der Waals surface area contributed by atoms with E-state index >= 15 is 0 Å². The van der Waals surface area contributed by atoms with Gasteiger partial charge in [-0.25, -0.2) is 0 Å². The van der Waals surface area contributed by atoms with Crippen LogP contribution in [0.1, 0.15) is 48.2 Å². The lowest BCUT2D eigenvalue weighted by atomic mass is 9.88. The fourth-order valence-corrected chi connectivity index (χ4v) is 4.19. The van der Waals surface area contributed by atoms with Gasteiger partial charge in [0.15, 0.2) is 0 Å². The zero-order valence-electron chi connectivity index (χ0n) is 19.8. The summed E-state index contributed by atoms with van der Waals surface area (Å²) in [6, 6.07) is 16.5. The van der Waals surface area contributed by atoms with E-state index in [1.807, 2.05) is 74.2 Å². The van der Waals surface area contributed by atoms with Crippen molar-refractivity contribution in [2.75, 3.05) is 19.6 Å². The number of nitrogens with one attached hydrogen (secondary N) is 2. The van der Waals surface area contributed by atoms with Gasteiger partial charge in [-0.1, -0.05) is 61.9 Å². The summed E-state index contributed by atoms with van der Waals surface area (Å²) in [7, 11) is 0. The van der Waals surface area contributed by atoms with E-state index in [0.29, 0.717) is 50.4 Å². The highest BCUT2D eigenvalue weighted by atomic mass is 16.2. The van der Waals surface area contributed by atoms with Crippen molar-refractivity contribution >= 4 is 17.7 Å². The van der Waals surface area contributed by atoms with Gasteiger partial charge in [-0.2, -0.15) is 0 Å². The lowest BCUT2D eigenvalue weighted by molar-refractivity contribution is -0.132. The quantitative estimate of drug-likeness (QED) is 0.649. The zero-order chi connectivity index (χ0) is 23.8. The average molecular weight is 450 g/mol. The third-order valence-corrected chi connectivity index (χ3v) is 6.10. The number of nitrogens with zero attached hydrogens (tertiary/aromatic N) is 1. The first-order chi connectivity index (χ1) is 15.8. The predicted molar refractivity (Wildman–Crippen MR) is 130 cm³/mol.